The second-order valence-electron chi connectivity index (χ2n) is 9.36. The van der Waals surface area contributed by atoms with Gasteiger partial charge in [-0.15, -0.1) is 0 Å². The number of aromatic nitrogens is 1. The van der Waals surface area contributed by atoms with Gasteiger partial charge in [-0.1, -0.05) is 19.3 Å². The van der Waals surface area contributed by atoms with Crippen LogP contribution >= 0.6 is 0 Å². The first-order chi connectivity index (χ1) is 18.5. The van der Waals surface area contributed by atoms with E-state index in [1.807, 2.05) is 0 Å². The van der Waals surface area contributed by atoms with Gasteiger partial charge in [0.2, 0.25) is 11.8 Å². The number of esters is 1. The summed E-state index contributed by atoms with van der Waals surface area (Å²) in [5, 5.41) is 0. The van der Waals surface area contributed by atoms with Crippen molar-refractivity contribution in [3.8, 4) is 11.6 Å². The fourth-order valence-corrected chi connectivity index (χ4v) is 4.66. The number of nitrogens with zero attached hydrogens (tertiary/aromatic N) is 2. The number of halogens is 4. The minimum atomic E-state index is -4.83. The molecule has 214 valence electrons. The lowest BCUT2D eigenvalue weighted by atomic mass is 9.87. The molecule has 1 aliphatic rings. The second-order valence-corrected chi connectivity index (χ2v) is 9.36. The molecule has 0 atom stereocenters. The third-order valence-electron chi connectivity index (χ3n) is 6.49. The summed E-state index contributed by atoms with van der Waals surface area (Å²) in [6, 6.07) is 1.87. The van der Waals surface area contributed by atoms with Crippen LogP contribution in [0.1, 0.15) is 53.6 Å². The quantitative estimate of drug-likeness (QED) is 0.274. The van der Waals surface area contributed by atoms with Crippen LogP contribution in [-0.2, 0) is 25.2 Å². The first-order valence-electron chi connectivity index (χ1n) is 12.5. The van der Waals surface area contributed by atoms with Gasteiger partial charge in [-0.2, -0.15) is 13.2 Å². The Morgan fingerprint density at radius 2 is 1.69 bits per heavy atom. The lowest BCUT2D eigenvalue weighted by Crippen LogP contribution is -2.49. The average molecular weight is 557 g/mol. The summed E-state index contributed by atoms with van der Waals surface area (Å²) in [6.45, 7) is 1.44. The number of benzene rings is 1. The molecule has 0 aliphatic heterocycles. The van der Waals surface area contributed by atoms with E-state index in [4.69, 9.17) is 18.9 Å². The molecule has 39 heavy (non-hydrogen) atoms. The van der Waals surface area contributed by atoms with Gasteiger partial charge in [0.1, 0.15) is 5.56 Å². The molecule has 3 rings (SSSR count). The average Bonchev–Trinajstić information content (AvgIpc) is 2.90. The number of carbonyl (C=O) groups is 2. The SMILES string of the molecule is COCC(COC)N(C(=O)C1CCCCC1)c1cc(F)c(Oc2ncc(C)cc2C(F)(F)F)cc1C(=O)OC. The van der Waals surface area contributed by atoms with Crippen LogP contribution in [0.2, 0.25) is 0 Å². The predicted octanol–water partition coefficient (Wildman–Crippen LogP) is 5.70. The topological polar surface area (TPSA) is 87.2 Å². The Hall–Kier alpha value is -3.25. The number of alkyl halides is 3. The van der Waals surface area contributed by atoms with Crippen molar-refractivity contribution in [1.29, 1.82) is 0 Å². The van der Waals surface area contributed by atoms with Gasteiger partial charge in [0.15, 0.2) is 11.6 Å². The monoisotopic (exact) mass is 556 g/mol. The first kappa shape index (κ1) is 30.3. The van der Waals surface area contributed by atoms with Crippen molar-refractivity contribution in [2.75, 3.05) is 39.4 Å². The van der Waals surface area contributed by atoms with Crippen molar-refractivity contribution >= 4 is 17.6 Å². The van der Waals surface area contributed by atoms with Crippen LogP contribution in [0.3, 0.4) is 0 Å². The van der Waals surface area contributed by atoms with Gasteiger partial charge >= 0.3 is 12.1 Å². The molecule has 0 spiro atoms. The number of ether oxygens (including phenoxy) is 4. The molecule has 2 aromatic rings. The van der Waals surface area contributed by atoms with Gasteiger partial charge < -0.3 is 23.8 Å². The number of carbonyl (C=O) groups excluding carboxylic acids is 2. The molecule has 8 nitrogen and oxygen atoms in total. The molecule has 1 heterocycles. The minimum absolute atomic E-state index is 0.00894. The van der Waals surface area contributed by atoms with E-state index in [1.54, 1.807) is 0 Å². The summed E-state index contributed by atoms with van der Waals surface area (Å²) in [6.07, 6.45) is 0.246. The van der Waals surface area contributed by atoms with Crippen LogP contribution in [0.4, 0.5) is 23.2 Å². The van der Waals surface area contributed by atoms with E-state index < -0.39 is 41.2 Å². The van der Waals surface area contributed by atoms with Gasteiger partial charge in [0.05, 0.1) is 37.6 Å². The fraction of sp³-hybridized carbons (Fsp3) is 0.519. The van der Waals surface area contributed by atoms with E-state index in [2.05, 4.69) is 4.98 Å². The zero-order chi connectivity index (χ0) is 28.7. The maximum atomic E-state index is 15.5. The first-order valence-corrected chi connectivity index (χ1v) is 12.5. The molecule has 1 aliphatic carbocycles. The number of hydrogen-bond donors (Lipinski definition) is 0. The molecule has 0 N–H and O–H groups in total. The maximum absolute atomic E-state index is 15.5. The molecule has 0 saturated heterocycles. The molecule has 1 amide bonds. The zero-order valence-corrected chi connectivity index (χ0v) is 22.3. The third kappa shape index (κ3) is 7.24. The van der Waals surface area contributed by atoms with Crippen LogP contribution < -0.4 is 9.64 Å². The Morgan fingerprint density at radius 3 is 2.26 bits per heavy atom. The summed E-state index contributed by atoms with van der Waals surface area (Å²) in [5.41, 5.74) is -1.40. The fourth-order valence-electron chi connectivity index (χ4n) is 4.66. The highest BCUT2D eigenvalue weighted by molar-refractivity contribution is 6.04. The highest BCUT2D eigenvalue weighted by Gasteiger charge is 2.37. The minimum Gasteiger partial charge on any atom is -0.465 e. The van der Waals surface area contributed by atoms with Crippen molar-refractivity contribution in [1.82, 2.24) is 4.98 Å². The van der Waals surface area contributed by atoms with Gasteiger partial charge in [-0.25, -0.2) is 14.2 Å². The van der Waals surface area contributed by atoms with Gasteiger partial charge in [0.25, 0.3) is 0 Å². The largest absolute Gasteiger partial charge is 0.465 e. The number of rotatable bonds is 10. The van der Waals surface area contributed by atoms with E-state index in [-0.39, 0.29) is 41.9 Å². The van der Waals surface area contributed by atoms with Crippen molar-refractivity contribution in [3.63, 3.8) is 0 Å². The number of anilines is 1. The molecule has 12 heteroatoms. The maximum Gasteiger partial charge on any atom is 0.421 e. The van der Waals surface area contributed by atoms with Crippen LogP contribution in [0, 0.1) is 18.7 Å². The molecule has 0 bridgehead atoms. The second kappa shape index (κ2) is 13.2. The Balaban J connectivity index is 2.16. The number of aryl methyl sites for hydroxylation is 1. The summed E-state index contributed by atoms with van der Waals surface area (Å²) in [7, 11) is 3.95. The van der Waals surface area contributed by atoms with Gasteiger partial charge in [-0.3, -0.25) is 4.79 Å². The van der Waals surface area contributed by atoms with Crippen LogP contribution in [0.15, 0.2) is 24.4 Å². The summed E-state index contributed by atoms with van der Waals surface area (Å²) in [5.74, 6) is -4.35. The van der Waals surface area contributed by atoms with Crippen LogP contribution in [-0.4, -0.2) is 57.4 Å². The van der Waals surface area contributed by atoms with Crippen molar-refractivity contribution < 1.29 is 46.1 Å². The Kier molecular flexibility index (Phi) is 10.3. The van der Waals surface area contributed by atoms with E-state index >= 15 is 4.39 Å². The molecule has 1 saturated carbocycles. The number of amides is 1. The van der Waals surface area contributed by atoms with E-state index in [0.29, 0.717) is 12.8 Å². The lowest BCUT2D eigenvalue weighted by Gasteiger charge is -2.36. The molecular formula is C27H32F4N2O6. The summed E-state index contributed by atoms with van der Waals surface area (Å²) < 4.78 is 77.0. The van der Waals surface area contributed by atoms with Crippen molar-refractivity contribution in [2.24, 2.45) is 5.92 Å². The summed E-state index contributed by atoms with van der Waals surface area (Å²) in [4.78, 5) is 31.6. The highest BCUT2D eigenvalue weighted by atomic mass is 19.4. The van der Waals surface area contributed by atoms with Crippen molar-refractivity contribution in [2.45, 2.75) is 51.2 Å². The Labute approximate surface area is 224 Å². The number of hydrogen-bond acceptors (Lipinski definition) is 7. The van der Waals surface area contributed by atoms with E-state index in [9.17, 15) is 22.8 Å². The smallest absolute Gasteiger partial charge is 0.421 e. The standard InChI is InChI=1S/C27H32F4N2O6/c1-16-10-20(27(29,30)31)24(32-13-16)39-23-11-19(26(35)38-4)22(12-21(23)28)33(18(14-36-2)15-37-3)25(34)17-8-6-5-7-9-17/h10-13,17-18H,5-9,14-15H2,1-4H3. The normalized spacial score (nSPS) is 14.4. The number of pyridine rings is 1. The zero-order valence-electron chi connectivity index (χ0n) is 22.3. The molecular weight excluding hydrogens is 524 g/mol. The summed E-state index contributed by atoms with van der Waals surface area (Å²) >= 11 is 0. The van der Waals surface area contributed by atoms with Crippen molar-refractivity contribution in [3.05, 3.63) is 46.9 Å². The molecule has 1 fully saturated rings. The van der Waals surface area contributed by atoms with Crippen LogP contribution in [0.5, 0.6) is 11.6 Å². The molecule has 0 radical (unpaired) electrons. The third-order valence-corrected chi connectivity index (χ3v) is 6.49. The number of methoxy groups -OCH3 is 3. The van der Waals surface area contributed by atoms with Crippen LogP contribution in [0.25, 0.3) is 0 Å². The predicted molar refractivity (Wildman–Crippen MR) is 133 cm³/mol. The Morgan fingerprint density at radius 1 is 1.05 bits per heavy atom. The van der Waals surface area contributed by atoms with Gasteiger partial charge in [0, 0.05) is 38.5 Å². The molecule has 0 unspecified atom stereocenters. The molecule has 1 aromatic heterocycles. The van der Waals surface area contributed by atoms with E-state index in [0.717, 1.165) is 50.8 Å². The van der Waals surface area contributed by atoms with E-state index in [1.165, 1.54) is 26.0 Å². The Bertz CT molecular complexity index is 1160. The molecule has 1 aromatic carbocycles. The van der Waals surface area contributed by atoms with Gasteiger partial charge in [-0.05, 0) is 31.4 Å². The lowest BCUT2D eigenvalue weighted by molar-refractivity contribution is -0.139. The highest BCUT2D eigenvalue weighted by Crippen LogP contribution is 2.40.